The molecule has 3 heterocycles. The molecule has 3 aromatic rings. The number of ether oxygens (including phenoxy) is 1. The normalized spacial score (nSPS) is 15.1. The summed E-state index contributed by atoms with van der Waals surface area (Å²) < 4.78 is 6.14. The van der Waals surface area contributed by atoms with E-state index in [1.807, 2.05) is 30.3 Å². The lowest BCUT2D eigenvalue weighted by atomic mass is 10.1. The lowest BCUT2D eigenvalue weighted by Crippen LogP contribution is -2.38. The van der Waals surface area contributed by atoms with Gasteiger partial charge in [0.2, 0.25) is 0 Å². The molecule has 0 unspecified atom stereocenters. The zero-order valence-electron chi connectivity index (χ0n) is 17.2. The van der Waals surface area contributed by atoms with E-state index in [0.717, 1.165) is 55.3 Å². The van der Waals surface area contributed by atoms with Crippen molar-refractivity contribution in [1.29, 1.82) is 0 Å². The molecule has 1 aromatic carbocycles. The lowest BCUT2D eigenvalue weighted by Gasteiger charge is -2.31. The molecule has 0 bridgehead atoms. The highest BCUT2D eigenvalue weighted by molar-refractivity contribution is 5.94. The number of piperidine rings is 1. The first-order valence-electron chi connectivity index (χ1n) is 10.3. The van der Waals surface area contributed by atoms with Gasteiger partial charge in [-0.2, -0.15) is 0 Å². The third-order valence-corrected chi connectivity index (χ3v) is 5.42. The second kappa shape index (κ2) is 9.54. The molecule has 7 heteroatoms. The van der Waals surface area contributed by atoms with Crippen molar-refractivity contribution >= 4 is 5.91 Å². The van der Waals surface area contributed by atoms with Gasteiger partial charge in [-0.15, -0.1) is 0 Å². The number of carbonyl (C=O) groups is 1. The van der Waals surface area contributed by atoms with Crippen molar-refractivity contribution in [2.24, 2.45) is 0 Å². The fourth-order valence-electron chi connectivity index (χ4n) is 3.60. The number of imidazole rings is 1. The summed E-state index contributed by atoms with van der Waals surface area (Å²) in [5.41, 5.74) is 3.70. The lowest BCUT2D eigenvalue weighted by molar-refractivity contribution is 0.0946. The van der Waals surface area contributed by atoms with Gasteiger partial charge in [-0.25, -0.2) is 4.98 Å². The zero-order chi connectivity index (χ0) is 20.8. The third-order valence-electron chi connectivity index (χ3n) is 5.42. The van der Waals surface area contributed by atoms with Crippen molar-refractivity contribution in [1.82, 2.24) is 25.2 Å². The van der Waals surface area contributed by atoms with E-state index in [1.165, 1.54) is 0 Å². The summed E-state index contributed by atoms with van der Waals surface area (Å²) in [6.07, 6.45) is 5.63. The van der Waals surface area contributed by atoms with Gasteiger partial charge in [0.25, 0.3) is 5.91 Å². The Morgan fingerprint density at radius 2 is 1.97 bits per heavy atom. The Morgan fingerprint density at radius 3 is 2.63 bits per heavy atom. The monoisotopic (exact) mass is 405 g/mol. The number of H-pyrrole nitrogens is 1. The molecular formula is C23H27N5O2. The predicted octanol–water partition coefficient (Wildman–Crippen LogP) is 3.09. The summed E-state index contributed by atoms with van der Waals surface area (Å²) in [6.45, 7) is 5.33. The number of rotatable bonds is 7. The van der Waals surface area contributed by atoms with Gasteiger partial charge >= 0.3 is 0 Å². The van der Waals surface area contributed by atoms with Crippen molar-refractivity contribution < 1.29 is 9.53 Å². The largest absolute Gasteiger partial charge is 0.490 e. The van der Waals surface area contributed by atoms with E-state index in [1.54, 1.807) is 24.7 Å². The van der Waals surface area contributed by atoms with E-state index in [2.05, 4.69) is 32.1 Å². The second-order valence-electron chi connectivity index (χ2n) is 7.60. The number of amides is 1. The number of nitrogens with one attached hydrogen (secondary N) is 2. The molecule has 0 aliphatic carbocycles. The fraction of sp³-hybridized carbons (Fsp3) is 0.348. The smallest absolute Gasteiger partial charge is 0.251 e. The average Bonchev–Trinajstić information content (AvgIpc) is 3.19. The Morgan fingerprint density at radius 1 is 1.17 bits per heavy atom. The SMILES string of the molecule is Cc1[nH]cnc1CN1CCC(Oc2ccc(C(=O)NCc3ccccn3)cc2)CC1. The highest BCUT2D eigenvalue weighted by atomic mass is 16.5. The summed E-state index contributed by atoms with van der Waals surface area (Å²) in [4.78, 5) is 26.5. The van der Waals surface area contributed by atoms with Gasteiger partial charge in [0.15, 0.2) is 0 Å². The molecule has 0 spiro atoms. The maximum atomic E-state index is 12.3. The first-order valence-corrected chi connectivity index (χ1v) is 10.3. The average molecular weight is 406 g/mol. The van der Waals surface area contributed by atoms with Crippen LogP contribution in [0.25, 0.3) is 0 Å². The second-order valence-corrected chi connectivity index (χ2v) is 7.60. The van der Waals surface area contributed by atoms with E-state index < -0.39 is 0 Å². The summed E-state index contributed by atoms with van der Waals surface area (Å²) in [6, 6.07) is 13.0. The topological polar surface area (TPSA) is 83.1 Å². The fourth-order valence-corrected chi connectivity index (χ4v) is 3.60. The molecule has 1 amide bonds. The van der Waals surface area contributed by atoms with Crippen LogP contribution in [0.3, 0.4) is 0 Å². The number of aryl methyl sites for hydroxylation is 1. The minimum absolute atomic E-state index is 0.117. The van der Waals surface area contributed by atoms with Gasteiger partial charge in [0, 0.05) is 37.1 Å². The first-order chi connectivity index (χ1) is 14.7. The highest BCUT2D eigenvalue weighted by Crippen LogP contribution is 2.21. The van der Waals surface area contributed by atoms with Crippen LogP contribution in [-0.2, 0) is 13.1 Å². The molecule has 1 fully saturated rings. The number of hydrogen-bond donors (Lipinski definition) is 2. The number of hydrogen-bond acceptors (Lipinski definition) is 5. The van der Waals surface area contributed by atoms with E-state index in [9.17, 15) is 4.79 Å². The van der Waals surface area contributed by atoms with Crippen molar-refractivity contribution in [2.45, 2.75) is 39.0 Å². The van der Waals surface area contributed by atoms with Gasteiger partial charge in [0.1, 0.15) is 11.9 Å². The Bertz CT molecular complexity index is 947. The van der Waals surface area contributed by atoms with Crippen molar-refractivity contribution in [2.75, 3.05) is 13.1 Å². The molecular weight excluding hydrogens is 378 g/mol. The van der Waals surface area contributed by atoms with E-state index >= 15 is 0 Å². The molecule has 30 heavy (non-hydrogen) atoms. The van der Waals surface area contributed by atoms with Crippen molar-refractivity contribution in [3.8, 4) is 5.75 Å². The van der Waals surface area contributed by atoms with Gasteiger partial charge in [-0.1, -0.05) is 6.07 Å². The number of pyridine rings is 1. The number of carbonyl (C=O) groups excluding carboxylic acids is 1. The van der Waals surface area contributed by atoms with Crippen LogP contribution in [-0.4, -0.2) is 45.0 Å². The van der Waals surface area contributed by atoms with Crippen LogP contribution in [0.4, 0.5) is 0 Å². The Balaban J connectivity index is 1.23. The molecule has 2 N–H and O–H groups in total. The quantitative estimate of drug-likeness (QED) is 0.631. The zero-order valence-corrected chi connectivity index (χ0v) is 17.2. The Labute approximate surface area is 176 Å². The molecule has 0 atom stereocenters. The molecule has 1 saturated heterocycles. The molecule has 156 valence electrons. The van der Waals surface area contributed by atoms with Crippen LogP contribution >= 0.6 is 0 Å². The number of aromatic nitrogens is 3. The third kappa shape index (κ3) is 5.24. The Kier molecular flexibility index (Phi) is 6.39. The molecule has 1 aliphatic heterocycles. The van der Waals surface area contributed by atoms with Crippen LogP contribution in [0.15, 0.2) is 55.0 Å². The summed E-state index contributed by atoms with van der Waals surface area (Å²) in [5, 5.41) is 2.89. The first kappa shape index (κ1) is 20.1. The molecule has 4 rings (SSSR count). The molecule has 1 aliphatic rings. The van der Waals surface area contributed by atoms with Crippen LogP contribution < -0.4 is 10.1 Å². The van der Waals surface area contributed by atoms with Crippen molar-refractivity contribution in [3.63, 3.8) is 0 Å². The minimum Gasteiger partial charge on any atom is -0.490 e. The standard InChI is InChI=1S/C23H27N5O2/c1-17-22(27-16-26-17)15-28-12-9-21(10-13-28)30-20-7-5-18(6-8-20)23(29)25-14-19-4-2-3-11-24-19/h2-8,11,16,21H,9-10,12-15H2,1H3,(H,25,29)(H,26,27). The maximum Gasteiger partial charge on any atom is 0.251 e. The Hall–Kier alpha value is -3.19. The van der Waals surface area contributed by atoms with E-state index in [0.29, 0.717) is 12.1 Å². The van der Waals surface area contributed by atoms with E-state index in [4.69, 9.17) is 4.74 Å². The van der Waals surface area contributed by atoms with Crippen LogP contribution in [0.2, 0.25) is 0 Å². The summed E-state index contributed by atoms with van der Waals surface area (Å²) >= 11 is 0. The molecule has 7 nitrogen and oxygen atoms in total. The summed E-state index contributed by atoms with van der Waals surface area (Å²) in [5.74, 6) is 0.687. The van der Waals surface area contributed by atoms with Crippen LogP contribution in [0, 0.1) is 6.92 Å². The number of nitrogens with zero attached hydrogens (tertiary/aromatic N) is 3. The summed E-state index contributed by atoms with van der Waals surface area (Å²) in [7, 11) is 0. The minimum atomic E-state index is -0.117. The molecule has 0 saturated carbocycles. The van der Waals surface area contributed by atoms with Gasteiger partial charge in [-0.3, -0.25) is 14.7 Å². The highest BCUT2D eigenvalue weighted by Gasteiger charge is 2.21. The van der Waals surface area contributed by atoms with Gasteiger partial charge in [-0.05, 0) is 56.2 Å². The maximum absolute atomic E-state index is 12.3. The predicted molar refractivity (Wildman–Crippen MR) is 114 cm³/mol. The number of likely N-dealkylation sites (tertiary alicyclic amines) is 1. The molecule has 0 radical (unpaired) electrons. The molecule has 2 aromatic heterocycles. The van der Waals surface area contributed by atoms with Gasteiger partial charge < -0.3 is 15.0 Å². The number of aromatic amines is 1. The van der Waals surface area contributed by atoms with Crippen molar-refractivity contribution in [3.05, 3.63) is 77.6 Å². The van der Waals surface area contributed by atoms with Crippen LogP contribution in [0.1, 0.15) is 40.3 Å². The van der Waals surface area contributed by atoms with Crippen LogP contribution in [0.5, 0.6) is 5.75 Å². The van der Waals surface area contributed by atoms with Gasteiger partial charge in [0.05, 0.1) is 24.3 Å². The number of benzene rings is 1. The van der Waals surface area contributed by atoms with E-state index in [-0.39, 0.29) is 12.0 Å².